The quantitative estimate of drug-likeness (QED) is 0.0532. The fraction of sp³-hybridized carbons (Fsp3) is 0.209. The monoisotopic (exact) mass is 1200 g/mol. The molecule has 0 radical (unpaired) electrons. The van der Waals surface area contributed by atoms with E-state index < -0.39 is 0 Å². The Hall–Kier alpha value is -9.76. The third-order valence-electron chi connectivity index (χ3n) is 21.2. The van der Waals surface area contributed by atoms with Crippen molar-refractivity contribution in [2.45, 2.75) is 123 Å². The van der Waals surface area contributed by atoms with Gasteiger partial charge in [0.15, 0.2) is 0 Å². The second-order valence-corrected chi connectivity index (χ2v) is 27.1. The smallest absolute Gasteiger partial charge is 0.0541 e. The van der Waals surface area contributed by atoms with Crippen LogP contribution in [0.4, 0.5) is 0 Å². The van der Waals surface area contributed by atoms with Crippen LogP contribution < -0.4 is 0 Å². The van der Waals surface area contributed by atoms with E-state index >= 15 is 0 Å². The van der Waals surface area contributed by atoms with Gasteiger partial charge in [0.05, 0.1) is 22.1 Å². The van der Waals surface area contributed by atoms with Gasteiger partial charge in [-0.25, -0.2) is 0 Å². The molecule has 0 bridgehead atoms. The van der Waals surface area contributed by atoms with Gasteiger partial charge in [0.1, 0.15) is 0 Å². The van der Waals surface area contributed by atoms with Crippen molar-refractivity contribution in [3.8, 4) is 67.0 Å². The summed E-state index contributed by atoms with van der Waals surface area (Å²) in [6, 6.07) is 97.7. The summed E-state index contributed by atoms with van der Waals surface area (Å²) in [5.74, 6) is 0. The zero-order valence-electron chi connectivity index (χ0n) is 54.5. The Morgan fingerprint density at radius 1 is 0.247 bits per heavy atom. The normalized spacial score (nSPS) is 12.8. The molecule has 0 unspecified atom stereocenters. The van der Waals surface area contributed by atoms with Crippen LogP contribution in [0, 0.1) is 13.8 Å². The van der Waals surface area contributed by atoms with Gasteiger partial charge in [-0.05, 0) is 204 Å². The van der Waals surface area contributed by atoms with E-state index in [1.807, 2.05) is 0 Å². The SMILES string of the molecule is CCCCCCCCC1(CCCCCCCC)c2cc(-c3ccc(-c4ccc(C)cc4)cc3)ccc2-c2ccc(-c3cc(C)cc(-n4c5ccccc5c5cc(-c6ccc7c(c6)c6ccccc6n7-c6ccc7c8ccccc8c8ccccc8c7c6)ccc54)c3)cc21. The standard InChI is InChI=1S/C91H82N2/c1-5-7-9-11-13-23-51-91(52-24-14-12-10-8-6-2)85-58-68(65-39-37-64(38-40-65)63-35-33-61(3)34-36-63)41-46-78(85)79-47-42-69(59-86(79)91)70-53-62(4)54-72(55-70)93-88-32-22-20-30-81(88)84-57-67(44-50-90(84)93)66-43-49-89-83(56-66)80-29-19-21-31-87(80)92(89)71-45-48-77-75-27-16-15-25-73(75)74-26-17-18-28-76(74)82(77)60-71/h15-22,25-50,53-60H,5-14,23-24,51-52H2,1-4H3. The van der Waals surface area contributed by atoms with Gasteiger partial charge in [-0.1, -0.05) is 278 Å². The molecule has 1 aliphatic rings. The first-order valence-electron chi connectivity index (χ1n) is 34.8. The Bertz CT molecular complexity index is 5270. The number of unbranched alkanes of at least 4 members (excludes halogenated alkanes) is 10. The third kappa shape index (κ3) is 10.4. The molecule has 0 fully saturated rings. The zero-order valence-corrected chi connectivity index (χ0v) is 54.5. The summed E-state index contributed by atoms with van der Waals surface area (Å²) < 4.78 is 5.00. The molecular formula is C91H82N2. The summed E-state index contributed by atoms with van der Waals surface area (Å²) in [6.07, 6.45) is 17.9. The fourth-order valence-electron chi connectivity index (χ4n) is 16.5. The molecule has 0 spiro atoms. The number of rotatable bonds is 20. The lowest BCUT2D eigenvalue weighted by Gasteiger charge is -2.33. The molecule has 0 saturated heterocycles. The molecule has 0 atom stereocenters. The molecule has 93 heavy (non-hydrogen) atoms. The average Bonchev–Trinajstić information content (AvgIpc) is 1.64. The van der Waals surface area contributed by atoms with Crippen LogP contribution in [0.15, 0.2) is 255 Å². The predicted octanol–water partition coefficient (Wildman–Crippen LogP) is 26.4. The van der Waals surface area contributed by atoms with Crippen LogP contribution >= 0.6 is 0 Å². The van der Waals surface area contributed by atoms with E-state index in [1.54, 1.807) is 5.56 Å². The minimum Gasteiger partial charge on any atom is -0.309 e. The highest BCUT2D eigenvalue weighted by molar-refractivity contribution is 6.26. The number of aromatic nitrogens is 2. The molecule has 15 aromatic rings. The van der Waals surface area contributed by atoms with E-state index in [0.717, 1.165) is 0 Å². The number of para-hydroxylation sites is 2. The van der Waals surface area contributed by atoms with Gasteiger partial charge in [-0.2, -0.15) is 0 Å². The summed E-state index contributed by atoms with van der Waals surface area (Å²) in [5, 5.41) is 12.8. The Morgan fingerprint density at radius 3 is 1.16 bits per heavy atom. The molecular weight excluding hydrogens is 1120 g/mol. The molecule has 0 amide bonds. The largest absolute Gasteiger partial charge is 0.309 e. The first-order valence-corrected chi connectivity index (χ1v) is 34.8. The van der Waals surface area contributed by atoms with Gasteiger partial charge in [-0.15, -0.1) is 0 Å². The highest BCUT2D eigenvalue weighted by Gasteiger charge is 2.43. The second-order valence-electron chi connectivity index (χ2n) is 27.1. The number of fused-ring (bicyclic) bond motifs is 15. The molecule has 13 aromatic carbocycles. The average molecular weight is 1200 g/mol. The molecule has 456 valence electrons. The summed E-state index contributed by atoms with van der Waals surface area (Å²) in [7, 11) is 0. The van der Waals surface area contributed by atoms with Crippen molar-refractivity contribution in [3.63, 3.8) is 0 Å². The predicted molar refractivity (Wildman–Crippen MR) is 401 cm³/mol. The van der Waals surface area contributed by atoms with Crippen molar-refractivity contribution in [1.29, 1.82) is 0 Å². The highest BCUT2D eigenvalue weighted by atomic mass is 15.0. The molecule has 2 aromatic heterocycles. The van der Waals surface area contributed by atoms with E-state index in [0.29, 0.717) is 0 Å². The minimum atomic E-state index is -0.0736. The first-order chi connectivity index (χ1) is 45.8. The molecule has 2 heterocycles. The second kappa shape index (κ2) is 24.7. The van der Waals surface area contributed by atoms with Gasteiger partial charge >= 0.3 is 0 Å². The molecule has 0 aliphatic heterocycles. The van der Waals surface area contributed by atoms with Crippen molar-refractivity contribution < 1.29 is 0 Å². The van der Waals surface area contributed by atoms with Crippen molar-refractivity contribution >= 4 is 75.9 Å². The summed E-state index contributed by atoms with van der Waals surface area (Å²) in [4.78, 5) is 0. The summed E-state index contributed by atoms with van der Waals surface area (Å²) in [6.45, 7) is 9.12. The van der Waals surface area contributed by atoms with Gasteiger partial charge in [-0.3, -0.25) is 0 Å². The Morgan fingerprint density at radius 2 is 0.634 bits per heavy atom. The summed E-state index contributed by atoms with van der Waals surface area (Å²) >= 11 is 0. The van der Waals surface area contributed by atoms with Gasteiger partial charge in [0.25, 0.3) is 0 Å². The summed E-state index contributed by atoms with van der Waals surface area (Å²) in [5.41, 5.74) is 25.8. The van der Waals surface area contributed by atoms with Crippen LogP contribution in [0.2, 0.25) is 0 Å². The van der Waals surface area contributed by atoms with Crippen LogP contribution in [-0.2, 0) is 5.41 Å². The topological polar surface area (TPSA) is 9.86 Å². The number of hydrogen-bond acceptors (Lipinski definition) is 0. The van der Waals surface area contributed by atoms with Crippen LogP contribution in [0.25, 0.3) is 143 Å². The van der Waals surface area contributed by atoms with Crippen molar-refractivity contribution in [3.05, 3.63) is 277 Å². The lowest BCUT2D eigenvalue weighted by molar-refractivity contribution is 0.398. The number of hydrogen-bond donors (Lipinski definition) is 0. The number of nitrogens with zero attached hydrogens (tertiary/aromatic N) is 2. The minimum absolute atomic E-state index is 0.0736. The molecule has 1 aliphatic carbocycles. The van der Waals surface area contributed by atoms with Crippen LogP contribution in [0.3, 0.4) is 0 Å². The van der Waals surface area contributed by atoms with Gasteiger partial charge in [0.2, 0.25) is 0 Å². The third-order valence-corrected chi connectivity index (χ3v) is 21.2. The Labute approximate surface area is 548 Å². The Kier molecular flexibility index (Phi) is 15.5. The van der Waals surface area contributed by atoms with Crippen LogP contribution in [0.5, 0.6) is 0 Å². The van der Waals surface area contributed by atoms with E-state index in [2.05, 4.69) is 292 Å². The maximum Gasteiger partial charge on any atom is 0.0541 e. The van der Waals surface area contributed by atoms with Crippen molar-refractivity contribution in [1.82, 2.24) is 9.13 Å². The van der Waals surface area contributed by atoms with Gasteiger partial charge in [0, 0.05) is 38.3 Å². The molecule has 16 rings (SSSR count). The maximum atomic E-state index is 2.65. The van der Waals surface area contributed by atoms with E-state index in [9.17, 15) is 0 Å². The van der Waals surface area contributed by atoms with Crippen LogP contribution in [-0.4, -0.2) is 9.13 Å². The molecule has 2 heteroatoms. The van der Waals surface area contributed by atoms with E-state index in [1.165, 1.54) is 250 Å². The van der Waals surface area contributed by atoms with Crippen LogP contribution in [0.1, 0.15) is 126 Å². The van der Waals surface area contributed by atoms with E-state index in [4.69, 9.17) is 0 Å². The lowest BCUT2D eigenvalue weighted by atomic mass is 9.70. The van der Waals surface area contributed by atoms with Crippen molar-refractivity contribution in [2.75, 3.05) is 0 Å². The maximum absolute atomic E-state index is 2.65. The fourth-order valence-corrected chi connectivity index (χ4v) is 16.5. The van der Waals surface area contributed by atoms with Crippen molar-refractivity contribution in [2.24, 2.45) is 0 Å². The zero-order chi connectivity index (χ0) is 62.6. The number of benzene rings is 13. The molecule has 0 N–H and O–H groups in total. The first kappa shape index (κ1) is 58.3. The number of aryl methyl sites for hydroxylation is 2. The highest BCUT2D eigenvalue weighted by Crippen LogP contribution is 2.56. The molecule has 2 nitrogen and oxygen atoms in total. The van der Waals surface area contributed by atoms with Gasteiger partial charge < -0.3 is 9.13 Å². The molecule has 0 saturated carbocycles. The Balaban J connectivity index is 0.771. The van der Waals surface area contributed by atoms with E-state index in [-0.39, 0.29) is 5.41 Å². The lowest BCUT2D eigenvalue weighted by Crippen LogP contribution is -2.25.